The van der Waals surface area contributed by atoms with Gasteiger partial charge in [-0.25, -0.2) is 4.98 Å². The number of rotatable bonds is 4. The second-order valence-electron chi connectivity index (χ2n) is 7.68. The summed E-state index contributed by atoms with van der Waals surface area (Å²) >= 11 is 1.93. The molecule has 0 unspecified atom stereocenters. The molecule has 1 aliphatic carbocycles. The summed E-state index contributed by atoms with van der Waals surface area (Å²) in [5.41, 5.74) is 1.95. The number of amides is 1. The van der Waals surface area contributed by atoms with Crippen LogP contribution in [0, 0.1) is 0 Å². The van der Waals surface area contributed by atoms with Crippen LogP contribution in [0.2, 0.25) is 0 Å². The molecular formula is C23H28N2OS. The molecule has 2 aromatic rings. The van der Waals surface area contributed by atoms with E-state index in [0.29, 0.717) is 0 Å². The number of hydrogen-bond acceptors (Lipinski definition) is 3. The molecule has 1 aliphatic heterocycles. The van der Waals surface area contributed by atoms with E-state index in [1.807, 2.05) is 53.2 Å². The van der Waals surface area contributed by atoms with E-state index in [4.69, 9.17) is 4.98 Å². The third-order valence-electron chi connectivity index (χ3n) is 5.77. The molecule has 4 heteroatoms. The fraction of sp³-hybridized carbons (Fsp3) is 0.478. The summed E-state index contributed by atoms with van der Waals surface area (Å²) in [5, 5.41) is 1.85. The maximum Gasteiger partial charge on any atom is 0.254 e. The molecule has 0 spiro atoms. The van der Waals surface area contributed by atoms with Gasteiger partial charge < -0.3 is 4.90 Å². The first kappa shape index (κ1) is 18.5. The minimum Gasteiger partial charge on any atom is -0.332 e. The van der Waals surface area contributed by atoms with Crippen LogP contribution < -0.4 is 0 Å². The molecule has 0 radical (unpaired) electrons. The monoisotopic (exact) mass is 380 g/mol. The van der Waals surface area contributed by atoms with E-state index in [-0.39, 0.29) is 11.9 Å². The molecule has 27 heavy (non-hydrogen) atoms. The molecule has 2 fully saturated rings. The van der Waals surface area contributed by atoms with Crippen molar-refractivity contribution in [2.75, 3.05) is 6.54 Å². The van der Waals surface area contributed by atoms with E-state index < -0.39 is 0 Å². The summed E-state index contributed by atoms with van der Waals surface area (Å²) < 4.78 is 0. The van der Waals surface area contributed by atoms with Gasteiger partial charge in [-0.2, -0.15) is 0 Å². The summed E-state index contributed by atoms with van der Waals surface area (Å²) in [4.78, 5) is 19.8. The van der Waals surface area contributed by atoms with E-state index in [1.54, 1.807) is 0 Å². The molecular weight excluding hydrogens is 352 g/mol. The third-order valence-corrected chi connectivity index (χ3v) is 7.06. The van der Waals surface area contributed by atoms with Gasteiger partial charge in [0.25, 0.3) is 5.91 Å². The summed E-state index contributed by atoms with van der Waals surface area (Å²) in [6, 6.07) is 14.2. The molecule has 3 nitrogen and oxygen atoms in total. The topological polar surface area (TPSA) is 33.2 Å². The van der Waals surface area contributed by atoms with Crippen LogP contribution >= 0.6 is 11.8 Å². The van der Waals surface area contributed by atoms with Gasteiger partial charge in [0.1, 0.15) is 0 Å². The van der Waals surface area contributed by atoms with Gasteiger partial charge in [-0.1, -0.05) is 43.5 Å². The quantitative estimate of drug-likeness (QED) is 0.665. The van der Waals surface area contributed by atoms with Crippen LogP contribution in [0.15, 0.2) is 53.7 Å². The van der Waals surface area contributed by atoms with Crippen molar-refractivity contribution < 1.29 is 4.79 Å². The number of piperidine rings is 1. The number of hydrogen-bond donors (Lipinski definition) is 0. The first-order valence-electron chi connectivity index (χ1n) is 10.3. The predicted octanol–water partition coefficient (Wildman–Crippen LogP) is 5.87. The second-order valence-corrected chi connectivity index (χ2v) is 9.00. The van der Waals surface area contributed by atoms with Gasteiger partial charge in [0.15, 0.2) is 0 Å². The Labute approximate surface area is 166 Å². The van der Waals surface area contributed by atoms with Gasteiger partial charge in [0.2, 0.25) is 0 Å². The van der Waals surface area contributed by atoms with E-state index >= 15 is 0 Å². The molecule has 1 saturated carbocycles. The molecule has 2 aliphatic rings. The maximum atomic E-state index is 13.0. The Morgan fingerprint density at radius 3 is 2.44 bits per heavy atom. The van der Waals surface area contributed by atoms with E-state index in [1.165, 1.54) is 44.1 Å². The lowest BCUT2D eigenvalue weighted by Gasteiger charge is -2.36. The molecule has 1 atom stereocenters. The lowest BCUT2D eigenvalue weighted by Crippen LogP contribution is -2.38. The highest BCUT2D eigenvalue weighted by Gasteiger charge is 2.29. The Morgan fingerprint density at radius 1 is 0.926 bits per heavy atom. The minimum absolute atomic E-state index is 0.140. The van der Waals surface area contributed by atoms with Crippen molar-refractivity contribution in [3.8, 4) is 0 Å². The van der Waals surface area contributed by atoms with Crippen LogP contribution in [0.1, 0.15) is 73.3 Å². The molecule has 2 heterocycles. The van der Waals surface area contributed by atoms with Crippen molar-refractivity contribution >= 4 is 17.7 Å². The van der Waals surface area contributed by atoms with Crippen molar-refractivity contribution in [2.24, 2.45) is 0 Å². The zero-order valence-corrected chi connectivity index (χ0v) is 16.7. The Hall–Kier alpha value is -1.81. The van der Waals surface area contributed by atoms with Crippen molar-refractivity contribution in [3.63, 3.8) is 0 Å². The normalized spacial score (nSPS) is 21.2. The van der Waals surface area contributed by atoms with E-state index in [0.717, 1.165) is 35.2 Å². The number of carbonyl (C=O) groups excluding carboxylic acids is 1. The van der Waals surface area contributed by atoms with Crippen LogP contribution in [-0.4, -0.2) is 27.6 Å². The molecule has 1 amide bonds. The van der Waals surface area contributed by atoms with Gasteiger partial charge in [-0.05, 0) is 55.9 Å². The lowest BCUT2D eigenvalue weighted by atomic mass is 9.95. The average Bonchev–Trinajstić information content (AvgIpc) is 2.75. The fourth-order valence-electron chi connectivity index (χ4n) is 4.28. The zero-order valence-electron chi connectivity index (χ0n) is 15.8. The number of pyridine rings is 1. The zero-order chi connectivity index (χ0) is 18.5. The largest absolute Gasteiger partial charge is 0.332 e. The Kier molecular flexibility index (Phi) is 6.13. The molecule has 1 saturated heterocycles. The third kappa shape index (κ3) is 4.55. The number of carbonyl (C=O) groups is 1. The van der Waals surface area contributed by atoms with Crippen molar-refractivity contribution in [1.82, 2.24) is 9.88 Å². The molecule has 142 valence electrons. The van der Waals surface area contributed by atoms with Crippen LogP contribution in [0.3, 0.4) is 0 Å². The number of benzene rings is 1. The molecule has 1 aromatic heterocycles. The van der Waals surface area contributed by atoms with Gasteiger partial charge >= 0.3 is 0 Å². The molecule has 0 bridgehead atoms. The summed E-state index contributed by atoms with van der Waals surface area (Å²) in [7, 11) is 0. The number of nitrogens with zero attached hydrogens (tertiary/aromatic N) is 2. The molecule has 0 N–H and O–H groups in total. The lowest BCUT2D eigenvalue weighted by molar-refractivity contribution is 0.0611. The molecule has 1 aromatic carbocycles. The SMILES string of the molecule is O=C(c1ccccc1)N1CCCC[C@H]1c1ccc(SC2CCCCC2)nc1. The predicted molar refractivity (Wildman–Crippen MR) is 111 cm³/mol. The molecule has 4 rings (SSSR count). The number of thioether (sulfide) groups is 1. The first-order chi connectivity index (χ1) is 13.3. The van der Waals surface area contributed by atoms with Crippen LogP contribution in [0.4, 0.5) is 0 Å². The minimum atomic E-state index is 0.140. The van der Waals surface area contributed by atoms with Gasteiger partial charge in [-0.15, -0.1) is 11.8 Å². The Morgan fingerprint density at radius 2 is 1.70 bits per heavy atom. The van der Waals surface area contributed by atoms with Gasteiger partial charge in [0, 0.05) is 23.6 Å². The Bertz CT molecular complexity index is 741. The second kappa shape index (κ2) is 8.92. The standard InChI is InChI=1S/C23H28N2OS/c26-23(18-9-3-1-4-10-18)25-16-8-7-13-21(25)19-14-15-22(24-17-19)27-20-11-5-2-6-12-20/h1,3-4,9-10,14-15,17,20-21H,2,5-8,11-13,16H2/t21-/m0/s1. The van der Waals surface area contributed by atoms with E-state index in [2.05, 4.69) is 12.1 Å². The van der Waals surface area contributed by atoms with Crippen LogP contribution in [0.5, 0.6) is 0 Å². The maximum absolute atomic E-state index is 13.0. The fourth-order valence-corrected chi connectivity index (χ4v) is 5.45. The highest BCUT2D eigenvalue weighted by molar-refractivity contribution is 7.99. The van der Waals surface area contributed by atoms with Crippen LogP contribution in [-0.2, 0) is 0 Å². The summed E-state index contributed by atoms with van der Waals surface area (Å²) in [5.74, 6) is 0.140. The first-order valence-corrected chi connectivity index (χ1v) is 11.2. The van der Waals surface area contributed by atoms with Crippen molar-refractivity contribution in [2.45, 2.75) is 67.7 Å². The van der Waals surface area contributed by atoms with Crippen molar-refractivity contribution in [1.29, 1.82) is 0 Å². The Balaban J connectivity index is 1.47. The smallest absolute Gasteiger partial charge is 0.254 e. The van der Waals surface area contributed by atoms with E-state index in [9.17, 15) is 4.79 Å². The highest BCUT2D eigenvalue weighted by Crippen LogP contribution is 2.35. The van der Waals surface area contributed by atoms with Gasteiger partial charge in [-0.3, -0.25) is 4.79 Å². The number of aromatic nitrogens is 1. The van der Waals surface area contributed by atoms with Crippen molar-refractivity contribution in [3.05, 3.63) is 59.8 Å². The average molecular weight is 381 g/mol. The van der Waals surface area contributed by atoms with Gasteiger partial charge in [0.05, 0.1) is 11.1 Å². The number of likely N-dealkylation sites (tertiary alicyclic amines) is 1. The van der Waals surface area contributed by atoms with Crippen LogP contribution in [0.25, 0.3) is 0 Å². The summed E-state index contributed by atoms with van der Waals surface area (Å²) in [6.07, 6.45) is 12.0. The highest BCUT2D eigenvalue weighted by atomic mass is 32.2. The summed E-state index contributed by atoms with van der Waals surface area (Å²) in [6.45, 7) is 0.830.